The van der Waals surface area contributed by atoms with E-state index in [9.17, 15) is 4.79 Å². The predicted molar refractivity (Wildman–Crippen MR) is 71.3 cm³/mol. The van der Waals surface area contributed by atoms with E-state index in [0.717, 1.165) is 19.5 Å². The Bertz CT molecular complexity index is 225. The molecule has 0 aromatic rings. The molecular formula is C12H25ClN2O2. The van der Waals surface area contributed by atoms with Crippen molar-refractivity contribution in [3.8, 4) is 0 Å². The molecule has 102 valence electrons. The van der Waals surface area contributed by atoms with E-state index in [1.165, 1.54) is 19.3 Å². The third-order valence-electron chi connectivity index (χ3n) is 3.19. The Balaban J connectivity index is 0.00000256. The molecule has 0 radical (unpaired) electrons. The number of hydrogen-bond acceptors (Lipinski definition) is 3. The highest BCUT2D eigenvalue weighted by molar-refractivity contribution is 5.85. The van der Waals surface area contributed by atoms with Gasteiger partial charge in [0.05, 0.1) is 6.61 Å². The zero-order chi connectivity index (χ0) is 12.0. The Morgan fingerprint density at radius 1 is 1.59 bits per heavy atom. The van der Waals surface area contributed by atoms with Crippen molar-refractivity contribution in [1.82, 2.24) is 4.90 Å². The van der Waals surface area contributed by atoms with E-state index >= 15 is 0 Å². The molecule has 0 aliphatic carbocycles. The van der Waals surface area contributed by atoms with Crippen LogP contribution >= 0.6 is 12.4 Å². The van der Waals surface area contributed by atoms with E-state index < -0.39 is 6.04 Å². The Morgan fingerprint density at radius 3 is 2.88 bits per heavy atom. The van der Waals surface area contributed by atoms with Gasteiger partial charge in [0.15, 0.2) is 0 Å². The fourth-order valence-corrected chi connectivity index (χ4v) is 2.39. The highest BCUT2D eigenvalue weighted by Gasteiger charge is 2.26. The SMILES string of the molecule is CCCC1CCCN(C(=O)C(N)COC)C1.Cl. The lowest BCUT2D eigenvalue weighted by molar-refractivity contribution is -0.135. The number of carbonyl (C=O) groups is 1. The van der Waals surface area contributed by atoms with Gasteiger partial charge in [-0.1, -0.05) is 13.3 Å². The first kappa shape index (κ1) is 16.7. The molecule has 2 unspecified atom stereocenters. The highest BCUT2D eigenvalue weighted by Crippen LogP contribution is 2.21. The molecule has 4 nitrogen and oxygen atoms in total. The van der Waals surface area contributed by atoms with Crippen molar-refractivity contribution in [1.29, 1.82) is 0 Å². The number of rotatable bonds is 5. The van der Waals surface area contributed by atoms with Crippen LogP contribution in [0.1, 0.15) is 32.6 Å². The Morgan fingerprint density at radius 2 is 2.29 bits per heavy atom. The number of amides is 1. The van der Waals surface area contributed by atoms with Crippen LogP contribution in [0.3, 0.4) is 0 Å². The van der Waals surface area contributed by atoms with E-state index in [1.807, 2.05) is 4.90 Å². The Labute approximate surface area is 110 Å². The summed E-state index contributed by atoms with van der Waals surface area (Å²) in [4.78, 5) is 13.9. The zero-order valence-electron chi connectivity index (χ0n) is 10.9. The lowest BCUT2D eigenvalue weighted by Crippen LogP contribution is -2.49. The molecule has 1 aliphatic rings. The standard InChI is InChI=1S/C12H24N2O2.ClH/c1-3-5-10-6-4-7-14(8-10)12(15)11(13)9-16-2;/h10-11H,3-9,13H2,1-2H3;1H. The molecule has 2 atom stereocenters. The molecule has 1 fully saturated rings. The first-order valence-electron chi connectivity index (χ1n) is 6.22. The van der Waals surface area contributed by atoms with Crippen LogP contribution in [0.25, 0.3) is 0 Å². The van der Waals surface area contributed by atoms with Gasteiger partial charge in [0.1, 0.15) is 6.04 Å². The summed E-state index contributed by atoms with van der Waals surface area (Å²) >= 11 is 0. The van der Waals surface area contributed by atoms with Crippen molar-refractivity contribution in [2.75, 3.05) is 26.8 Å². The number of likely N-dealkylation sites (tertiary alicyclic amines) is 1. The summed E-state index contributed by atoms with van der Waals surface area (Å²) in [6.45, 7) is 4.24. The van der Waals surface area contributed by atoms with Gasteiger partial charge in [-0.05, 0) is 25.2 Å². The molecule has 1 aliphatic heterocycles. The van der Waals surface area contributed by atoms with Gasteiger partial charge >= 0.3 is 0 Å². The molecule has 0 aromatic carbocycles. The minimum Gasteiger partial charge on any atom is -0.383 e. The van der Waals surface area contributed by atoms with Crippen LogP contribution in [0.4, 0.5) is 0 Å². The minimum absolute atomic E-state index is 0. The van der Waals surface area contributed by atoms with E-state index in [4.69, 9.17) is 10.5 Å². The summed E-state index contributed by atoms with van der Waals surface area (Å²) in [6.07, 6.45) is 4.76. The molecule has 2 N–H and O–H groups in total. The van der Waals surface area contributed by atoms with Crippen LogP contribution < -0.4 is 5.73 Å². The second-order valence-electron chi connectivity index (χ2n) is 4.64. The highest BCUT2D eigenvalue weighted by atomic mass is 35.5. The maximum absolute atomic E-state index is 12.0. The lowest BCUT2D eigenvalue weighted by atomic mass is 9.93. The minimum atomic E-state index is -0.495. The normalized spacial score (nSPS) is 21.8. The largest absolute Gasteiger partial charge is 0.383 e. The number of halogens is 1. The molecule has 5 heteroatoms. The summed E-state index contributed by atoms with van der Waals surface area (Å²) in [5.74, 6) is 0.708. The van der Waals surface area contributed by atoms with Gasteiger partial charge in [-0.3, -0.25) is 4.79 Å². The molecule has 1 rings (SSSR count). The number of piperidine rings is 1. The number of carbonyl (C=O) groups excluding carboxylic acids is 1. The summed E-state index contributed by atoms with van der Waals surface area (Å²) in [5, 5.41) is 0. The first-order chi connectivity index (χ1) is 7.69. The van der Waals surface area contributed by atoms with Crippen molar-refractivity contribution >= 4 is 18.3 Å². The van der Waals surface area contributed by atoms with Crippen LogP contribution in [0.5, 0.6) is 0 Å². The van der Waals surface area contributed by atoms with Crippen LogP contribution in [0, 0.1) is 5.92 Å². The van der Waals surface area contributed by atoms with Crippen molar-refractivity contribution in [2.24, 2.45) is 11.7 Å². The van der Waals surface area contributed by atoms with Crippen LogP contribution in [0.2, 0.25) is 0 Å². The molecule has 17 heavy (non-hydrogen) atoms. The average Bonchev–Trinajstić information content (AvgIpc) is 2.29. The van der Waals surface area contributed by atoms with Gasteiger partial charge in [0.2, 0.25) is 5.91 Å². The molecule has 1 saturated heterocycles. The number of hydrogen-bond donors (Lipinski definition) is 1. The lowest BCUT2D eigenvalue weighted by Gasteiger charge is -2.34. The zero-order valence-corrected chi connectivity index (χ0v) is 11.7. The number of nitrogens with two attached hydrogens (primary N) is 1. The Hall–Kier alpha value is -0.320. The van der Waals surface area contributed by atoms with Crippen molar-refractivity contribution in [3.05, 3.63) is 0 Å². The van der Waals surface area contributed by atoms with Gasteiger partial charge in [-0.2, -0.15) is 0 Å². The fraction of sp³-hybridized carbons (Fsp3) is 0.917. The number of nitrogens with zero attached hydrogens (tertiary/aromatic N) is 1. The van der Waals surface area contributed by atoms with Gasteiger partial charge in [-0.25, -0.2) is 0 Å². The smallest absolute Gasteiger partial charge is 0.241 e. The van der Waals surface area contributed by atoms with Crippen LogP contribution in [-0.4, -0.2) is 43.7 Å². The summed E-state index contributed by atoms with van der Waals surface area (Å²) in [6, 6.07) is -0.495. The molecule has 0 aromatic heterocycles. The van der Waals surface area contributed by atoms with E-state index in [1.54, 1.807) is 7.11 Å². The van der Waals surface area contributed by atoms with Gasteiger partial charge in [0.25, 0.3) is 0 Å². The summed E-state index contributed by atoms with van der Waals surface area (Å²) in [7, 11) is 1.57. The molecule has 1 amide bonds. The third-order valence-corrected chi connectivity index (χ3v) is 3.19. The quantitative estimate of drug-likeness (QED) is 0.817. The van der Waals surface area contributed by atoms with Crippen molar-refractivity contribution < 1.29 is 9.53 Å². The summed E-state index contributed by atoms with van der Waals surface area (Å²) in [5.41, 5.74) is 5.76. The summed E-state index contributed by atoms with van der Waals surface area (Å²) < 4.78 is 4.92. The van der Waals surface area contributed by atoms with E-state index in [-0.39, 0.29) is 18.3 Å². The number of ether oxygens (including phenoxy) is 1. The molecule has 0 saturated carbocycles. The topological polar surface area (TPSA) is 55.6 Å². The molecule has 1 heterocycles. The predicted octanol–water partition coefficient (Wildman–Crippen LogP) is 1.42. The monoisotopic (exact) mass is 264 g/mol. The molecule has 0 spiro atoms. The third kappa shape index (κ3) is 5.23. The van der Waals surface area contributed by atoms with Crippen LogP contribution in [-0.2, 0) is 9.53 Å². The molecular weight excluding hydrogens is 240 g/mol. The van der Waals surface area contributed by atoms with Gasteiger partial charge in [-0.15, -0.1) is 12.4 Å². The van der Waals surface area contributed by atoms with Crippen molar-refractivity contribution in [2.45, 2.75) is 38.6 Å². The first-order valence-corrected chi connectivity index (χ1v) is 6.22. The second-order valence-corrected chi connectivity index (χ2v) is 4.64. The maximum atomic E-state index is 12.0. The second kappa shape index (κ2) is 8.72. The van der Waals surface area contributed by atoms with Gasteiger partial charge in [0, 0.05) is 20.2 Å². The van der Waals surface area contributed by atoms with E-state index in [2.05, 4.69) is 6.92 Å². The average molecular weight is 265 g/mol. The van der Waals surface area contributed by atoms with E-state index in [0.29, 0.717) is 12.5 Å². The van der Waals surface area contributed by atoms with Gasteiger partial charge < -0.3 is 15.4 Å². The fourth-order valence-electron chi connectivity index (χ4n) is 2.39. The number of methoxy groups -OCH3 is 1. The molecule has 0 bridgehead atoms. The van der Waals surface area contributed by atoms with Crippen molar-refractivity contribution in [3.63, 3.8) is 0 Å². The van der Waals surface area contributed by atoms with Crippen LogP contribution in [0.15, 0.2) is 0 Å². The Kier molecular flexibility index (Phi) is 8.56. The maximum Gasteiger partial charge on any atom is 0.241 e.